The Morgan fingerprint density at radius 2 is 1.40 bits per heavy atom. The van der Waals surface area contributed by atoms with Gasteiger partial charge in [-0.25, -0.2) is 19.7 Å². The number of carbonyl (C=O) groups is 2. The molecule has 1 unspecified atom stereocenters. The summed E-state index contributed by atoms with van der Waals surface area (Å²) in [7, 11) is 0. The number of hydrogen-bond donors (Lipinski definition) is 5. The molecule has 9 nitrogen and oxygen atoms in total. The van der Waals surface area contributed by atoms with Gasteiger partial charge < -0.3 is 25.2 Å². The van der Waals surface area contributed by atoms with E-state index in [1.165, 1.54) is 0 Å². The van der Waals surface area contributed by atoms with Crippen molar-refractivity contribution in [2.45, 2.75) is 20.1 Å². The molecule has 0 amide bonds. The van der Waals surface area contributed by atoms with Crippen LogP contribution < -0.4 is 0 Å². The number of rotatable bonds is 3. The molecule has 0 saturated heterocycles. The fourth-order valence-corrected chi connectivity index (χ4v) is 0.265. The van der Waals surface area contributed by atoms with Crippen molar-refractivity contribution in [3.05, 3.63) is 0 Å². The standard InChI is InChI=1S/C4H10O3.2CH2O3/c1-3-6-4(2)7-5;2*2-1(3)4/h4-5H,3H2,1-2H3;2*(H2,2,3,4). The van der Waals surface area contributed by atoms with Crippen LogP contribution in [0, 0.1) is 0 Å². The minimum absolute atomic E-state index is 0.495. The van der Waals surface area contributed by atoms with Crippen LogP contribution in [0.3, 0.4) is 0 Å². The largest absolute Gasteiger partial charge is 0.503 e. The topological polar surface area (TPSA) is 154 Å². The Bertz CT molecular complexity index is 137. The second-order valence-corrected chi connectivity index (χ2v) is 1.69. The fourth-order valence-electron chi connectivity index (χ4n) is 0.265. The molecule has 0 saturated carbocycles. The zero-order chi connectivity index (χ0) is 12.9. The highest BCUT2D eigenvalue weighted by molar-refractivity contribution is 5.53. The molecule has 0 aliphatic carbocycles. The summed E-state index contributed by atoms with van der Waals surface area (Å²) < 4.78 is 4.72. The van der Waals surface area contributed by atoms with E-state index < -0.39 is 18.6 Å². The van der Waals surface area contributed by atoms with Crippen molar-refractivity contribution in [3.8, 4) is 0 Å². The summed E-state index contributed by atoms with van der Waals surface area (Å²) in [6, 6.07) is 0. The van der Waals surface area contributed by atoms with Crippen molar-refractivity contribution < 1.29 is 44.9 Å². The van der Waals surface area contributed by atoms with Gasteiger partial charge in [0.2, 0.25) is 0 Å². The van der Waals surface area contributed by atoms with E-state index in [4.69, 9.17) is 40.0 Å². The monoisotopic (exact) mass is 230 g/mol. The first-order chi connectivity index (χ1) is 6.77. The smallest absolute Gasteiger partial charge is 0.450 e. The van der Waals surface area contributed by atoms with Crippen LogP contribution in [0.4, 0.5) is 9.59 Å². The van der Waals surface area contributed by atoms with Crippen LogP contribution in [0.15, 0.2) is 0 Å². The Morgan fingerprint density at radius 1 is 1.13 bits per heavy atom. The second-order valence-electron chi connectivity index (χ2n) is 1.69. The lowest BCUT2D eigenvalue weighted by Gasteiger charge is -2.04. The molecule has 92 valence electrons. The van der Waals surface area contributed by atoms with Crippen LogP contribution in [-0.4, -0.2) is 50.9 Å². The first kappa shape index (κ1) is 19.1. The summed E-state index contributed by atoms with van der Waals surface area (Å²) in [6.07, 6.45) is -4.16. The van der Waals surface area contributed by atoms with E-state index in [0.717, 1.165) is 0 Å². The minimum Gasteiger partial charge on any atom is -0.450 e. The van der Waals surface area contributed by atoms with Gasteiger partial charge in [-0.05, 0) is 13.8 Å². The molecular weight excluding hydrogens is 216 g/mol. The van der Waals surface area contributed by atoms with Gasteiger partial charge >= 0.3 is 12.3 Å². The van der Waals surface area contributed by atoms with Gasteiger partial charge in [-0.1, -0.05) is 0 Å². The molecule has 0 fully saturated rings. The Labute approximate surface area is 85.0 Å². The molecule has 0 aliphatic rings. The van der Waals surface area contributed by atoms with E-state index in [2.05, 4.69) is 4.89 Å². The maximum Gasteiger partial charge on any atom is 0.503 e. The van der Waals surface area contributed by atoms with Gasteiger partial charge in [0.05, 0.1) is 0 Å². The van der Waals surface area contributed by atoms with E-state index in [1.54, 1.807) is 6.92 Å². The lowest BCUT2D eigenvalue weighted by Crippen LogP contribution is -2.09. The maximum absolute atomic E-state index is 8.56. The molecule has 0 aromatic carbocycles. The highest BCUT2D eigenvalue weighted by Crippen LogP contribution is 1.86. The summed E-state index contributed by atoms with van der Waals surface area (Å²) in [5, 5.41) is 35.7. The minimum atomic E-state index is -1.83. The van der Waals surface area contributed by atoms with Gasteiger partial charge in [-0.2, -0.15) is 0 Å². The van der Waals surface area contributed by atoms with Crippen molar-refractivity contribution in [1.29, 1.82) is 0 Å². The first-order valence-corrected chi connectivity index (χ1v) is 3.53. The van der Waals surface area contributed by atoms with Gasteiger partial charge in [0.25, 0.3) is 0 Å². The Morgan fingerprint density at radius 3 is 1.47 bits per heavy atom. The lowest BCUT2D eigenvalue weighted by atomic mass is 10.7. The van der Waals surface area contributed by atoms with Gasteiger partial charge in [-0.3, -0.25) is 0 Å². The fraction of sp³-hybridized carbons (Fsp3) is 0.667. The van der Waals surface area contributed by atoms with Crippen LogP contribution in [0.2, 0.25) is 0 Å². The summed E-state index contributed by atoms with van der Waals surface area (Å²) in [5.41, 5.74) is 0. The van der Waals surface area contributed by atoms with E-state index >= 15 is 0 Å². The molecule has 5 N–H and O–H groups in total. The van der Waals surface area contributed by atoms with Crippen LogP contribution >= 0.6 is 0 Å². The Kier molecular flexibility index (Phi) is 19.0. The third-order valence-corrected chi connectivity index (χ3v) is 0.550. The Balaban J connectivity index is -0.000000155. The van der Waals surface area contributed by atoms with E-state index in [0.29, 0.717) is 6.61 Å². The summed E-state index contributed by atoms with van der Waals surface area (Å²) in [6.45, 7) is 4.00. The van der Waals surface area contributed by atoms with Crippen LogP contribution in [0.1, 0.15) is 13.8 Å². The molecule has 0 aromatic rings. The molecule has 0 spiro atoms. The summed E-state index contributed by atoms with van der Waals surface area (Å²) in [5.74, 6) is 0. The van der Waals surface area contributed by atoms with Crippen molar-refractivity contribution in [2.75, 3.05) is 6.61 Å². The van der Waals surface area contributed by atoms with Gasteiger partial charge in [-0.15, -0.1) is 0 Å². The average molecular weight is 230 g/mol. The highest BCUT2D eigenvalue weighted by Gasteiger charge is 1.94. The third-order valence-electron chi connectivity index (χ3n) is 0.550. The zero-order valence-electron chi connectivity index (χ0n) is 8.15. The van der Waals surface area contributed by atoms with Gasteiger partial charge in [0.1, 0.15) is 0 Å². The van der Waals surface area contributed by atoms with Crippen molar-refractivity contribution in [3.63, 3.8) is 0 Å². The van der Waals surface area contributed by atoms with Crippen LogP contribution in [0.25, 0.3) is 0 Å². The highest BCUT2D eigenvalue weighted by atomic mass is 17.1. The van der Waals surface area contributed by atoms with Crippen LogP contribution in [-0.2, 0) is 9.62 Å². The molecule has 0 bridgehead atoms. The van der Waals surface area contributed by atoms with Crippen molar-refractivity contribution in [1.82, 2.24) is 0 Å². The van der Waals surface area contributed by atoms with Gasteiger partial charge in [0.15, 0.2) is 6.29 Å². The molecule has 9 heteroatoms. The van der Waals surface area contributed by atoms with Crippen LogP contribution in [0.5, 0.6) is 0 Å². The maximum atomic E-state index is 8.56. The molecule has 0 heterocycles. The summed E-state index contributed by atoms with van der Waals surface area (Å²) >= 11 is 0. The van der Waals surface area contributed by atoms with E-state index in [-0.39, 0.29) is 0 Å². The zero-order valence-corrected chi connectivity index (χ0v) is 8.15. The van der Waals surface area contributed by atoms with E-state index in [1.807, 2.05) is 6.92 Å². The van der Waals surface area contributed by atoms with Gasteiger partial charge in [0, 0.05) is 6.61 Å². The van der Waals surface area contributed by atoms with Crippen molar-refractivity contribution in [2.24, 2.45) is 0 Å². The molecule has 0 radical (unpaired) electrons. The first-order valence-electron chi connectivity index (χ1n) is 3.53. The second kappa shape index (κ2) is 14.9. The molecule has 0 aliphatic heterocycles. The quantitative estimate of drug-likeness (QED) is 0.274. The average Bonchev–Trinajstić information content (AvgIpc) is 2.02. The molecule has 1 atom stereocenters. The normalized spacial score (nSPS) is 9.80. The number of carboxylic acid groups (broad SMARTS) is 4. The molecular formula is C6H14O9. The van der Waals surface area contributed by atoms with Crippen molar-refractivity contribution >= 4 is 12.3 Å². The predicted octanol–water partition coefficient (Wildman–Crippen LogP) is 1.30. The number of ether oxygens (including phenoxy) is 1. The predicted molar refractivity (Wildman–Crippen MR) is 46.1 cm³/mol. The SMILES string of the molecule is CCOC(C)OO.O=C(O)O.O=C(O)O. The molecule has 0 rings (SSSR count). The summed E-state index contributed by atoms with van der Waals surface area (Å²) in [4.78, 5) is 20.9. The lowest BCUT2D eigenvalue weighted by molar-refractivity contribution is -0.338. The van der Waals surface area contributed by atoms with E-state index in [9.17, 15) is 0 Å². The number of hydrogen-bond acceptors (Lipinski definition) is 5. The molecule has 0 aromatic heterocycles. The Hall–Kier alpha value is -1.58. The molecule has 15 heavy (non-hydrogen) atoms. The third kappa shape index (κ3) is 115.